The van der Waals surface area contributed by atoms with Gasteiger partial charge in [-0.3, -0.25) is 0 Å². The monoisotopic (exact) mass is 232 g/mol. The molecule has 2 aromatic rings. The van der Waals surface area contributed by atoms with E-state index >= 15 is 0 Å². The number of aromatic nitrogens is 1. The quantitative estimate of drug-likeness (QED) is 0.883. The molecule has 16 heavy (non-hydrogen) atoms. The molecule has 0 spiro atoms. The minimum Gasteiger partial charge on any atom is -0.323 e. The zero-order valence-electron chi connectivity index (χ0n) is 9.60. The molecular weight excluding hydrogens is 216 g/mol. The fourth-order valence-electron chi connectivity index (χ4n) is 1.73. The second kappa shape index (κ2) is 4.76. The van der Waals surface area contributed by atoms with Crippen LogP contribution in [0.5, 0.6) is 0 Å². The predicted octanol–water partition coefficient (Wildman–Crippen LogP) is 3.06. The third-order valence-corrected chi connectivity index (χ3v) is 3.85. The summed E-state index contributed by atoms with van der Waals surface area (Å²) in [6.45, 7) is 4.04. The highest BCUT2D eigenvalue weighted by molar-refractivity contribution is 7.11. The van der Waals surface area contributed by atoms with Crippen molar-refractivity contribution in [3.8, 4) is 0 Å². The Morgan fingerprint density at radius 2 is 2.00 bits per heavy atom. The highest BCUT2D eigenvalue weighted by atomic mass is 32.1. The van der Waals surface area contributed by atoms with Crippen LogP contribution in [0.15, 0.2) is 30.3 Å². The number of benzene rings is 1. The molecule has 0 aliphatic heterocycles. The van der Waals surface area contributed by atoms with Crippen molar-refractivity contribution in [2.24, 2.45) is 5.73 Å². The minimum atomic E-state index is 0.0852. The second-order valence-corrected chi connectivity index (χ2v) is 5.12. The van der Waals surface area contributed by atoms with E-state index < -0.39 is 0 Å². The number of hydrogen-bond acceptors (Lipinski definition) is 3. The summed E-state index contributed by atoms with van der Waals surface area (Å²) in [7, 11) is 0. The molecule has 0 radical (unpaired) electrons. The lowest BCUT2D eigenvalue weighted by molar-refractivity contribution is 0.825. The summed E-state index contributed by atoms with van der Waals surface area (Å²) in [5, 5.41) is 1.15. The summed E-state index contributed by atoms with van der Waals surface area (Å²) >= 11 is 1.73. The lowest BCUT2D eigenvalue weighted by Gasteiger charge is -2.00. The molecular formula is C13H16N2S. The summed E-state index contributed by atoms with van der Waals surface area (Å²) in [6, 6.07) is 10.5. The molecule has 3 heteroatoms. The van der Waals surface area contributed by atoms with Crippen LogP contribution < -0.4 is 5.73 Å². The van der Waals surface area contributed by atoms with Gasteiger partial charge in [0.2, 0.25) is 0 Å². The molecule has 1 aromatic heterocycles. The van der Waals surface area contributed by atoms with Gasteiger partial charge in [-0.25, -0.2) is 4.98 Å². The van der Waals surface area contributed by atoms with Gasteiger partial charge in [-0.15, -0.1) is 11.3 Å². The first-order valence-corrected chi connectivity index (χ1v) is 6.24. The number of rotatable bonds is 3. The van der Waals surface area contributed by atoms with Crippen LogP contribution in [0.25, 0.3) is 0 Å². The number of thiazole rings is 1. The Balaban J connectivity index is 2.20. The zero-order valence-corrected chi connectivity index (χ0v) is 10.4. The van der Waals surface area contributed by atoms with Gasteiger partial charge in [-0.05, 0) is 19.4 Å². The molecule has 1 aromatic carbocycles. The molecule has 1 heterocycles. The SMILES string of the molecule is Cc1nc(Cc2ccccc2)sc1C(C)N. The van der Waals surface area contributed by atoms with E-state index in [1.165, 1.54) is 10.4 Å². The van der Waals surface area contributed by atoms with Crippen molar-refractivity contribution in [3.05, 3.63) is 51.5 Å². The normalized spacial score (nSPS) is 12.7. The van der Waals surface area contributed by atoms with Crippen LogP contribution >= 0.6 is 11.3 Å². The summed E-state index contributed by atoms with van der Waals surface area (Å²) < 4.78 is 0. The Hall–Kier alpha value is -1.19. The third kappa shape index (κ3) is 2.49. The molecule has 0 aliphatic carbocycles. The summed E-state index contributed by atoms with van der Waals surface area (Å²) in [5.74, 6) is 0. The van der Waals surface area contributed by atoms with Crippen molar-refractivity contribution >= 4 is 11.3 Å². The predicted molar refractivity (Wildman–Crippen MR) is 68.7 cm³/mol. The lowest BCUT2D eigenvalue weighted by Crippen LogP contribution is -2.03. The van der Waals surface area contributed by atoms with E-state index in [2.05, 4.69) is 29.2 Å². The average Bonchev–Trinajstić information content (AvgIpc) is 2.61. The van der Waals surface area contributed by atoms with Crippen LogP contribution in [-0.4, -0.2) is 4.98 Å². The molecule has 1 atom stereocenters. The van der Waals surface area contributed by atoms with E-state index in [-0.39, 0.29) is 6.04 Å². The van der Waals surface area contributed by atoms with Gasteiger partial charge in [0, 0.05) is 17.3 Å². The molecule has 1 unspecified atom stereocenters. The maximum atomic E-state index is 5.89. The van der Waals surface area contributed by atoms with Crippen LogP contribution in [-0.2, 0) is 6.42 Å². The van der Waals surface area contributed by atoms with Crippen molar-refractivity contribution < 1.29 is 0 Å². The van der Waals surface area contributed by atoms with E-state index in [0.29, 0.717) is 0 Å². The van der Waals surface area contributed by atoms with Crippen molar-refractivity contribution in [2.75, 3.05) is 0 Å². The first kappa shape index (κ1) is 11.3. The van der Waals surface area contributed by atoms with Crippen LogP contribution in [0.4, 0.5) is 0 Å². The molecule has 0 amide bonds. The molecule has 2 N–H and O–H groups in total. The summed E-state index contributed by atoms with van der Waals surface area (Å²) in [5.41, 5.74) is 8.27. The van der Waals surface area contributed by atoms with Gasteiger partial charge in [0.1, 0.15) is 0 Å². The van der Waals surface area contributed by atoms with Gasteiger partial charge in [0.15, 0.2) is 0 Å². The van der Waals surface area contributed by atoms with Crippen molar-refractivity contribution in [2.45, 2.75) is 26.3 Å². The van der Waals surface area contributed by atoms with Crippen LogP contribution in [0.3, 0.4) is 0 Å². The zero-order chi connectivity index (χ0) is 11.5. The van der Waals surface area contributed by atoms with Gasteiger partial charge in [0.25, 0.3) is 0 Å². The van der Waals surface area contributed by atoms with Crippen LogP contribution in [0.1, 0.15) is 34.1 Å². The largest absolute Gasteiger partial charge is 0.323 e. The molecule has 2 rings (SSSR count). The van der Waals surface area contributed by atoms with Crippen molar-refractivity contribution in [1.29, 1.82) is 0 Å². The Kier molecular flexibility index (Phi) is 3.36. The number of nitrogens with two attached hydrogens (primary N) is 1. The molecule has 0 fully saturated rings. The van der Waals surface area contributed by atoms with Gasteiger partial charge in [-0.2, -0.15) is 0 Å². The fraction of sp³-hybridized carbons (Fsp3) is 0.308. The van der Waals surface area contributed by atoms with E-state index in [4.69, 9.17) is 5.73 Å². The highest BCUT2D eigenvalue weighted by Gasteiger charge is 2.10. The van der Waals surface area contributed by atoms with Crippen molar-refractivity contribution in [3.63, 3.8) is 0 Å². The smallest absolute Gasteiger partial charge is 0.0975 e. The van der Waals surface area contributed by atoms with Crippen LogP contribution in [0, 0.1) is 6.92 Å². The Morgan fingerprint density at radius 1 is 1.31 bits per heavy atom. The highest BCUT2D eigenvalue weighted by Crippen LogP contribution is 2.24. The second-order valence-electron chi connectivity index (χ2n) is 4.01. The van der Waals surface area contributed by atoms with Gasteiger partial charge < -0.3 is 5.73 Å². The van der Waals surface area contributed by atoms with Gasteiger partial charge in [0.05, 0.1) is 10.7 Å². The van der Waals surface area contributed by atoms with Crippen molar-refractivity contribution in [1.82, 2.24) is 4.98 Å². The Bertz CT molecular complexity index is 460. The lowest BCUT2D eigenvalue weighted by atomic mass is 10.2. The first-order valence-electron chi connectivity index (χ1n) is 5.42. The molecule has 84 valence electrons. The number of aryl methyl sites for hydroxylation is 1. The average molecular weight is 232 g/mol. The Labute approximate surface area is 100 Å². The first-order chi connectivity index (χ1) is 7.66. The molecule has 0 saturated carbocycles. The van der Waals surface area contributed by atoms with Gasteiger partial charge >= 0.3 is 0 Å². The maximum absolute atomic E-state index is 5.89. The van der Waals surface area contributed by atoms with E-state index in [1.54, 1.807) is 11.3 Å². The third-order valence-electron chi connectivity index (χ3n) is 2.49. The van der Waals surface area contributed by atoms with E-state index in [9.17, 15) is 0 Å². The molecule has 2 nitrogen and oxygen atoms in total. The topological polar surface area (TPSA) is 38.9 Å². The molecule has 0 bridgehead atoms. The summed E-state index contributed by atoms with van der Waals surface area (Å²) in [6.07, 6.45) is 0.902. The van der Waals surface area contributed by atoms with E-state index in [1.807, 2.05) is 19.9 Å². The minimum absolute atomic E-state index is 0.0852. The number of hydrogen-bond donors (Lipinski definition) is 1. The van der Waals surface area contributed by atoms with E-state index in [0.717, 1.165) is 17.1 Å². The Morgan fingerprint density at radius 3 is 2.56 bits per heavy atom. The standard InChI is InChI=1S/C13H16N2S/c1-9(14)13-10(2)15-12(16-13)8-11-6-4-3-5-7-11/h3-7,9H,8,14H2,1-2H3. The molecule has 0 saturated heterocycles. The molecule has 0 aliphatic rings. The van der Waals surface area contributed by atoms with Crippen LogP contribution in [0.2, 0.25) is 0 Å². The number of nitrogens with zero attached hydrogens (tertiary/aromatic N) is 1. The van der Waals surface area contributed by atoms with Gasteiger partial charge in [-0.1, -0.05) is 30.3 Å². The fourth-order valence-corrected chi connectivity index (χ4v) is 2.79. The summed E-state index contributed by atoms with van der Waals surface area (Å²) in [4.78, 5) is 5.77. The maximum Gasteiger partial charge on any atom is 0.0975 e.